The molecule has 1 nitrogen and oxygen atoms in total. The van der Waals surface area contributed by atoms with Gasteiger partial charge in [0.05, 0.1) is 0 Å². The smallest absolute Gasteiger partial charge is 0.00950 e. The first-order valence-electron chi connectivity index (χ1n) is 7.78. The van der Waals surface area contributed by atoms with Gasteiger partial charge in [0, 0.05) is 12.5 Å². The first-order valence-corrected chi connectivity index (χ1v) is 7.78. The molecule has 4 rings (SSSR count). The molecule has 0 unspecified atom stereocenters. The Morgan fingerprint density at radius 1 is 0.850 bits per heavy atom. The van der Waals surface area contributed by atoms with Gasteiger partial charge in [-0.2, -0.15) is 0 Å². The third-order valence-electron chi connectivity index (χ3n) is 5.14. The van der Waals surface area contributed by atoms with Gasteiger partial charge in [0.1, 0.15) is 0 Å². The van der Waals surface area contributed by atoms with E-state index in [9.17, 15) is 0 Å². The molecule has 1 aliphatic heterocycles. The molecule has 0 radical (unpaired) electrons. The molecule has 1 saturated heterocycles. The summed E-state index contributed by atoms with van der Waals surface area (Å²) in [6.45, 7) is 2.34. The van der Waals surface area contributed by atoms with E-state index in [1.807, 2.05) is 0 Å². The number of fused-ring (bicyclic) bond motifs is 3. The predicted octanol–water partition coefficient (Wildman–Crippen LogP) is 3.92. The van der Waals surface area contributed by atoms with Gasteiger partial charge in [-0.1, -0.05) is 54.6 Å². The fourth-order valence-electron chi connectivity index (χ4n) is 4.16. The summed E-state index contributed by atoms with van der Waals surface area (Å²) in [5.41, 5.74) is 4.63. The molecular formula is C19H21N. The summed E-state index contributed by atoms with van der Waals surface area (Å²) in [6, 6.07) is 20.2. The second kappa shape index (κ2) is 5.06. The Hall–Kier alpha value is -1.60. The van der Waals surface area contributed by atoms with Crippen molar-refractivity contribution in [1.82, 2.24) is 5.32 Å². The largest absolute Gasteiger partial charge is 0.316 e. The highest BCUT2D eigenvalue weighted by molar-refractivity contribution is 5.43. The van der Waals surface area contributed by atoms with E-state index in [0.29, 0.717) is 5.92 Å². The summed E-state index contributed by atoms with van der Waals surface area (Å²) in [6.07, 6.45) is 2.63. The van der Waals surface area contributed by atoms with Crippen LogP contribution in [0.25, 0.3) is 0 Å². The molecule has 1 heterocycles. The van der Waals surface area contributed by atoms with Crippen LogP contribution in [-0.2, 0) is 0 Å². The van der Waals surface area contributed by atoms with Crippen LogP contribution < -0.4 is 5.32 Å². The van der Waals surface area contributed by atoms with Crippen LogP contribution in [0.15, 0.2) is 54.6 Å². The van der Waals surface area contributed by atoms with Crippen LogP contribution in [0.2, 0.25) is 0 Å². The average molecular weight is 263 g/mol. The second-order valence-corrected chi connectivity index (χ2v) is 6.19. The molecule has 102 valence electrons. The molecule has 2 aliphatic rings. The molecule has 1 N–H and O–H groups in total. The Balaban J connectivity index is 1.81. The lowest BCUT2D eigenvalue weighted by Gasteiger charge is -2.41. The van der Waals surface area contributed by atoms with Gasteiger partial charge in [-0.05, 0) is 47.9 Å². The van der Waals surface area contributed by atoms with Crippen LogP contribution in [0.4, 0.5) is 0 Å². The second-order valence-electron chi connectivity index (χ2n) is 6.19. The molecule has 0 bridgehead atoms. The molecule has 0 aromatic heterocycles. The Morgan fingerprint density at radius 3 is 2.45 bits per heavy atom. The van der Waals surface area contributed by atoms with Crippen molar-refractivity contribution in [3.05, 3.63) is 71.3 Å². The first-order chi connectivity index (χ1) is 9.93. The van der Waals surface area contributed by atoms with Gasteiger partial charge >= 0.3 is 0 Å². The summed E-state index contributed by atoms with van der Waals surface area (Å²) in [5.74, 6) is 2.16. The minimum Gasteiger partial charge on any atom is -0.316 e. The van der Waals surface area contributed by atoms with E-state index in [1.54, 1.807) is 11.1 Å². The van der Waals surface area contributed by atoms with Gasteiger partial charge in [0.25, 0.3) is 0 Å². The lowest BCUT2D eigenvalue weighted by Crippen LogP contribution is -2.38. The monoisotopic (exact) mass is 263 g/mol. The molecular weight excluding hydrogens is 242 g/mol. The first kappa shape index (κ1) is 12.2. The molecule has 0 spiro atoms. The van der Waals surface area contributed by atoms with Crippen molar-refractivity contribution in [3.63, 3.8) is 0 Å². The minimum atomic E-state index is 0.590. The summed E-state index contributed by atoms with van der Waals surface area (Å²) in [4.78, 5) is 0. The normalized spacial score (nSPS) is 28.5. The molecule has 0 saturated carbocycles. The molecule has 3 atom stereocenters. The number of piperidine rings is 1. The molecule has 1 fully saturated rings. The van der Waals surface area contributed by atoms with E-state index >= 15 is 0 Å². The summed E-state index contributed by atoms with van der Waals surface area (Å²) >= 11 is 0. The summed E-state index contributed by atoms with van der Waals surface area (Å²) < 4.78 is 0. The van der Waals surface area contributed by atoms with Crippen molar-refractivity contribution in [1.29, 1.82) is 0 Å². The van der Waals surface area contributed by atoms with Gasteiger partial charge in [0.15, 0.2) is 0 Å². The molecule has 2 aromatic carbocycles. The third kappa shape index (κ3) is 1.97. The number of benzene rings is 2. The lowest BCUT2D eigenvalue weighted by atomic mass is 9.66. The van der Waals surface area contributed by atoms with Crippen molar-refractivity contribution in [2.75, 3.05) is 13.1 Å². The number of hydrogen-bond acceptors (Lipinski definition) is 1. The molecule has 1 heteroatoms. The molecule has 20 heavy (non-hydrogen) atoms. The van der Waals surface area contributed by atoms with Crippen LogP contribution in [0.5, 0.6) is 0 Å². The fourth-order valence-corrected chi connectivity index (χ4v) is 4.16. The topological polar surface area (TPSA) is 12.0 Å². The van der Waals surface area contributed by atoms with Crippen molar-refractivity contribution >= 4 is 0 Å². The maximum Gasteiger partial charge on any atom is 0.00950 e. The Bertz CT molecular complexity index is 590. The number of hydrogen-bond donors (Lipinski definition) is 1. The molecule has 2 aromatic rings. The van der Waals surface area contributed by atoms with Gasteiger partial charge in [0.2, 0.25) is 0 Å². The van der Waals surface area contributed by atoms with Crippen molar-refractivity contribution < 1.29 is 0 Å². The van der Waals surface area contributed by atoms with Gasteiger partial charge in [-0.3, -0.25) is 0 Å². The van der Waals surface area contributed by atoms with Crippen molar-refractivity contribution in [3.8, 4) is 0 Å². The SMILES string of the molecule is c1ccc([C@@H]2C[C@@H]3CCNC[C@@H]3c3ccccc32)cc1. The highest BCUT2D eigenvalue weighted by Gasteiger charge is 2.36. The predicted molar refractivity (Wildman–Crippen MR) is 83.1 cm³/mol. The van der Waals surface area contributed by atoms with E-state index < -0.39 is 0 Å². The molecule has 1 aliphatic carbocycles. The third-order valence-corrected chi connectivity index (χ3v) is 5.14. The average Bonchev–Trinajstić information content (AvgIpc) is 2.55. The molecule has 0 amide bonds. The minimum absolute atomic E-state index is 0.590. The van der Waals surface area contributed by atoms with Crippen LogP contribution in [0, 0.1) is 5.92 Å². The number of rotatable bonds is 1. The quantitative estimate of drug-likeness (QED) is 0.822. The lowest BCUT2D eigenvalue weighted by molar-refractivity contribution is 0.278. The van der Waals surface area contributed by atoms with Crippen LogP contribution in [0.1, 0.15) is 41.4 Å². The zero-order chi connectivity index (χ0) is 13.4. The van der Waals surface area contributed by atoms with Crippen LogP contribution >= 0.6 is 0 Å². The fraction of sp³-hybridized carbons (Fsp3) is 0.368. The van der Waals surface area contributed by atoms with E-state index in [2.05, 4.69) is 59.9 Å². The Kier molecular flexibility index (Phi) is 3.08. The maximum atomic E-state index is 3.58. The zero-order valence-electron chi connectivity index (χ0n) is 11.8. The van der Waals surface area contributed by atoms with E-state index in [4.69, 9.17) is 0 Å². The Labute approximate surface area is 121 Å². The van der Waals surface area contributed by atoms with E-state index in [1.165, 1.54) is 24.9 Å². The van der Waals surface area contributed by atoms with Gasteiger partial charge < -0.3 is 5.32 Å². The highest BCUT2D eigenvalue weighted by atomic mass is 14.9. The van der Waals surface area contributed by atoms with Crippen molar-refractivity contribution in [2.24, 2.45) is 5.92 Å². The Morgan fingerprint density at radius 2 is 1.60 bits per heavy atom. The summed E-state index contributed by atoms with van der Waals surface area (Å²) in [7, 11) is 0. The standard InChI is InChI=1S/C19H21N/c1-2-6-14(7-3-1)18-12-15-10-11-20-13-19(15)17-9-5-4-8-16(17)18/h1-9,15,18-20H,10-13H2/t15-,18-,19-/m0/s1. The van der Waals surface area contributed by atoms with Crippen LogP contribution in [0.3, 0.4) is 0 Å². The number of nitrogens with one attached hydrogen (secondary N) is 1. The van der Waals surface area contributed by atoms with Crippen molar-refractivity contribution in [2.45, 2.75) is 24.7 Å². The van der Waals surface area contributed by atoms with Gasteiger partial charge in [-0.15, -0.1) is 0 Å². The zero-order valence-corrected chi connectivity index (χ0v) is 11.8. The van der Waals surface area contributed by atoms with E-state index in [-0.39, 0.29) is 0 Å². The van der Waals surface area contributed by atoms with E-state index in [0.717, 1.165) is 18.4 Å². The highest BCUT2D eigenvalue weighted by Crippen LogP contribution is 2.47. The van der Waals surface area contributed by atoms with Crippen LogP contribution in [-0.4, -0.2) is 13.1 Å². The maximum absolute atomic E-state index is 3.58. The summed E-state index contributed by atoms with van der Waals surface area (Å²) in [5, 5.41) is 3.58. The van der Waals surface area contributed by atoms with Gasteiger partial charge in [-0.25, -0.2) is 0 Å².